The third kappa shape index (κ3) is 7.15. The van der Waals surface area contributed by atoms with E-state index in [9.17, 15) is 9.59 Å². The molecular weight excluding hydrogens is 472 g/mol. The molecule has 1 heterocycles. The first-order valence-corrected chi connectivity index (χ1v) is 11.2. The van der Waals surface area contributed by atoms with Gasteiger partial charge in [0.15, 0.2) is 5.58 Å². The van der Waals surface area contributed by atoms with Gasteiger partial charge in [-0.05, 0) is 59.7 Å². The van der Waals surface area contributed by atoms with Gasteiger partial charge in [-0.2, -0.15) is 9.98 Å². The monoisotopic (exact) mass is 496 g/mol. The summed E-state index contributed by atoms with van der Waals surface area (Å²) in [5.74, 6) is 0.259. The number of guanidine groups is 1. The summed E-state index contributed by atoms with van der Waals surface area (Å²) in [6.45, 7) is 0. The highest BCUT2D eigenvalue weighted by molar-refractivity contribution is 6.11. The van der Waals surface area contributed by atoms with Gasteiger partial charge in [-0.15, -0.1) is 0 Å². The van der Waals surface area contributed by atoms with Gasteiger partial charge in [0.1, 0.15) is 17.0 Å². The largest absolute Gasteiger partial charge is 0.497 e. The molecule has 4 aromatic rings. The molecule has 0 aliphatic carbocycles. The zero-order valence-corrected chi connectivity index (χ0v) is 20.2. The number of nitrogens with zero attached hydrogens (tertiary/aromatic N) is 2. The Bertz CT molecular complexity index is 1360. The van der Waals surface area contributed by atoms with Gasteiger partial charge >= 0.3 is 6.01 Å². The molecule has 0 fully saturated rings. The van der Waals surface area contributed by atoms with Gasteiger partial charge in [0.05, 0.1) is 14.2 Å². The lowest BCUT2D eigenvalue weighted by Crippen LogP contribution is -2.42. The zero-order valence-electron chi connectivity index (χ0n) is 20.2. The molecule has 0 bridgehead atoms. The molecule has 186 valence electrons. The Hall–Kier alpha value is -5.18. The molecule has 1 aromatic heterocycles. The summed E-state index contributed by atoms with van der Waals surface area (Å²) >= 11 is 0. The number of methoxy groups -OCH3 is 2. The maximum Gasteiger partial charge on any atom is 0.326 e. The van der Waals surface area contributed by atoms with Crippen LogP contribution in [-0.2, 0) is 9.59 Å². The summed E-state index contributed by atoms with van der Waals surface area (Å²) in [7, 11) is 3.16. The molecule has 0 saturated heterocycles. The molecule has 0 unspecified atom stereocenters. The number of oxazole rings is 1. The Balaban J connectivity index is 1.50. The zero-order chi connectivity index (χ0) is 26.0. The fourth-order valence-corrected chi connectivity index (χ4v) is 3.18. The predicted octanol–water partition coefficient (Wildman–Crippen LogP) is 4.49. The average molecular weight is 497 g/mol. The molecule has 0 aliphatic rings. The topological polar surface area (TPSA) is 115 Å². The maximum absolute atomic E-state index is 12.6. The Labute approximate surface area is 213 Å². The molecule has 0 spiro atoms. The van der Waals surface area contributed by atoms with Crippen molar-refractivity contribution in [1.82, 2.24) is 15.6 Å². The van der Waals surface area contributed by atoms with Gasteiger partial charge in [0, 0.05) is 12.2 Å². The van der Waals surface area contributed by atoms with Crippen LogP contribution in [0, 0.1) is 0 Å². The number of rotatable bonds is 7. The van der Waals surface area contributed by atoms with E-state index < -0.39 is 11.8 Å². The molecule has 4 rings (SSSR count). The highest BCUT2D eigenvalue weighted by Gasteiger charge is 2.11. The number of nitrogens with one attached hydrogen (secondary N) is 2. The average Bonchev–Trinajstić information content (AvgIpc) is 3.33. The van der Waals surface area contributed by atoms with Crippen molar-refractivity contribution in [2.45, 2.75) is 0 Å². The number of amides is 2. The third-order valence-electron chi connectivity index (χ3n) is 5.06. The third-order valence-corrected chi connectivity index (χ3v) is 5.06. The van der Waals surface area contributed by atoms with Crippen LogP contribution in [0.2, 0.25) is 0 Å². The van der Waals surface area contributed by atoms with E-state index in [4.69, 9.17) is 13.9 Å². The van der Waals surface area contributed by atoms with E-state index in [1.807, 2.05) is 30.3 Å². The number of para-hydroxylation sites is 2. The standard InChI is InChI=1S/C28H24N4O5/c1-35-21-13-7-19(8-14-21)11-17-25(33)30-27(32-28-29-23-5-3-4-6-24(23)37-28)31-26(34)18-12-20-9-15-22(36-2)16-10-20/h3-18H,1-2H3,(H2,29,30,31,32,33,34). The van der Waals surface area contributed by atoms with E-state index in [1.54, 1.807) is 68.8 Å². The number of aromatic nitrogens is 1. The second-order valence-corrected chi connectivity index (χ2v) is 7.62. The number of benzene rings is 3. The van der Waals surface area contributed by atoms with Crippen molar-refractivity contribution in [2.75, 3.05) is 14.2 Å². The number of carbonyl (C=O) groups is 2. The predicted molar refractivity (Wildman–Crippen MR) is 141 cm³/mol. The normalized spacial score (nSPS) is 11.0. The van der Waals surface area contributed by atoms with Gasteiger partial charge < -0.3 is 13.9 Å². The van der Waals surface area contributed by atoms with E-state index in [2.05, 4.69) is 20.6 Å². The Morgan fingerprint density at radius 2 is 1.30 bits per heavy atom. The van der Waals surface area contributed by atoms with Crippen LogP contribution in [0.15, 0.2) is 94.4 Å². The van der Waals surface area contributed by atoms with Gasteiger partial charge in [0.25, 0.3) is 11.8 Å². The van der Waals surface area contributed by atoms with Crippen molar-refractivity contribution in [2.24, 2.45) is 4.99 Å². The minimum atomic E-state index is -0.509. The molecule has 9 heteroatoms. The van der Waals surface area contributed by atoms with E-state index in [1.165, 1.54) is 12.2 Å². The first kappa shape index (κ1) is 24.9. The van der Waals surface area contributed by atoms with Gasteiger partial charge in [-0.25, -0.2) is 0 Å². The molecule has 2 N–H and O–H groups in total. The Kier molecular flexibility index (Phi) is 8.07. The summed E-state index contributed by atoms with van der Waals surface area (Å²) in [6.07, 6.45) is 5.89. The number of hydrogen-bond donors (Lipinski definition) is 2. The van der Waals surface area contributed by atoms with Gasteiger partial charge in [-0.1, -0.05) is 36.4 Å². The molecule has 2 amide bonds. The van der Waals surface area contributed by atoms with Crippen LogP contribution in [0.25, 0.3) is 23.3 Å². The van der Waals surface area contributed by atoms with E-state index in [0.29, 0.717) is 22.6 Å². The van der Waals surface area contributed by atoms with Crippen molar-refractivity contribution in [1.29, 1.82) is 0 Å². The number of aliphatic imine (C=N–C) groups is 1. The molecule has 0 atom stereocenters. The highest BCUT2D eigenvalue weighted by Crippen LogP contribution is 2.20. The van der Waals surface area contributed by atoms with Crippen LogP contribution in [-0.4, -0.2) is 37.0 Å². The summed E-state index contributed by atoms with van der Waals surface area (Å²) < 4.78 is 15.9. The van der Waals surface area contributed by atoms with Crippen molar-refractivity contribution in [3.8, 4) is 11.5 Å². The van der Waals surface area contributed by atoms with Crippen LogP contribution in [0.5, 0.6) is 11.5 Å². The van der Waals surface area contributed by atoms with Gasteiger partial charge in [0.2, 0.25) is 5.96 Å². The lowest BCUT2D eigenvalue weighted by atomic mass is 10.2. The van der Waals surface area contributed by atoms with Crippen LogP contribution in [0.3, 0.4) is 0 Å². The van der Waals surface area contributed by atoms with Crippen molar-refractivity contribution < 1.29 is 23.5 Å². The van der Waals surface area contributed by atoms with E-state index >= 15 is 0 Å². The minimum absolute atomic E-state index is 0.0185. The molecule has 3 aromatic carbocycles. The molecule has 37 heavy (non-hydrogen) atoms. The number of fused-ring (bicyclic) bond motifs is 1. The first-order valence-electron chi connectivity index (χ1n) is 11.2. The number of ether oxygens (including phenoxy) is 2. The van der Waals surface area contributed by atoms with Crippen molar-refractivity contribution in [3.05, 3.63) is 96.1 Å². The number of hydrogen-bond acceptors (Lipinski definition) is 7. The Morgan fingerprint density at radius 3 is 1.78 bits per heavy atom. The summed E-state index contributed by atoms with van der Waals surface area (Å²) in [6, 6.07) is 21.5. The lowest BCUT2D eigenvalue weighted by molar-refractivity contribution is -0.115. The number of carbonyl (C=O) groups excluding carboxylic acids is 2. The van der Waals surface area contributed by atoms with E-state index in [0.717, 1.165) is 11.1 Å². The second kappa shape index (κ2) is 12.0. The first-order chi connectivity index (χ1) is 18.0. The van der Waals surface area contributed by atoms with E-state index in [-0.39, 0.29) is 12.0 Å². The quantitative estimate of drug-likeness (QED) is 0.221. The molecule has 0 radical (unpaired) electrons. The second-order valence-electron chi connectivity index (χ2n) is 7.62. The summed E-state index contributed by atoms with van der Waals surface area (Å²) in [4.78, 5) is 33.7. The van der Waals surface area contributed by atoms with Crippen LogP contribution in [0.4, 0.5) is 6.01 Å². The molecule has 9 nitrogen and oxygen atoms in total. The molecule has 0 aliphatic heterocycles. The fraction of sp³-hybridized carbons (Fsp3) is 0.0714. The maximum atomic E-state index is 12.6. The molecular formula is C28H24N4O5. The minimum Gasteiger partial charge on any atom is -0.497 e. The van der Waals surface area contributed by atoms with Crippen molar-refractivity contribution in [3.63, 3.8) is 0 Å². The van der Waals surface area contributed by atoms with Crippen LogP contribution < -0.4 is 20.1 Å². The Morgan fingerprint density at radius 1 is 0.784 bits per heavy atom. The van der Waals surface area contributed by atoms with Gasteiger partial charge in [-0.3, -0.25) is 20.2 Å². The lowest BCUT2D eigenvalue weighted by Gasteiger charge is -2.06. The smallest absolute Gasteiger partial charge is 0.326 e. The summed E-state index contributed by atoms with van der Waals surface area (Å²) in [5, 5.41) is 5.13. The summed E-state index contributed by atoms with van der Waals surface area (Å²) in [5.41, 5.74) is 2.70. The molecule has 0 saturated carbocycles. The SMILES string of the molecule is COc1ccc(C=CC(=O)NC(=Nc2nc3ccccc3o2)NC(=O)C=Cc2ccc(OC)cc2)cc1. The fourth-order valence-electron chi connectivity index (χ4n) is 3.18. The highest BCUT2D eigenvalue weighted by atomic mass is 16.5. The van der Waals surface area contributed by atoms with Crippen molar-refractivity contribution >= 4 is 47.0 Å². The van der Waals surface area contributed by atoms with Crippen LogP contribution >= 0.6 is 0 Å². The van der Waals surface area contributed by atoms with Crippen LogP contribution in [0.1, 0.15) is 11.1 Å².